The molecule has 0 fully saturated rings. The molecule has 0 aliphatic carbocycles. The van der Waals surface area contributed by atoms with Gasteiger partial charge in [-0.2, -0.15) is 0 Å². The molecule has 3 N–H and O–H groups in total. The minimum absolute atomic E-state index is 0.563. The number of hydrogen-bond acceptors (Lipinski definition) is 4. The number of nitrogens with one attached hydrogen (secondary N) is 1. The number of fused-ring (bicyclic) bond motifs is 1. The van der Waals surface area contributed by atoms with E-state index in [9.17, 15) is 0 Å². The third kappa shape index (κ3) is 1.69. The van der Waals surface area contributed by atoms with E-state index in [1.165, 1.54) is 12.4 Å². The summed E-state index contributed by atoms with van der Waals surface area (Å²) in [6.07, 6.45) is 4.14. The van der Waals surface area contributed by atoms with Crippen LogP contribution in [0.25, 0.3) is 16.6 Å². The summed E-state index contributed by atoms with van der Waals surface area (Å²) in [5.74, 6) is 0. The van der Waals surface area contributed by atoms with Gasteiger partial charge in [-0.05, 0) is 12.1 Å². The average Bonchev–Trinajstić information content (AvgIpc) is 2.30. The summed E-state index contributed by atoms with van der Waals surface area (Å²) >= 11 is 0. The van der Waals surface area contributed by atoms with Crippen molar-refractivity contribution >= 4 is 22.8 Å². The molecule has 0 atom stereocenters. The number of aromatic nitrogens is 2. The van der Waals surface area contributed by atoms with E-state index in [2.05, 4.69) is 9.97 Å². The van der Waals surface area contributed by atoms with Crippen LogP contribution >= 0.6 is 0 Å². The van der Waals surface area contributed by atoms with Gasteiger partial charge in [0, 0.05) is 18.0 Å². The van der Waals surface area contributed by atoms with Crippen molar-refractivity contribution in [2.75, 3.05) is 0 Å². The number of benzene rings is 1. The lowest BCUT2D eigenvalue weighted by molar-refractivity contribution is 1.25. The molecule has 0 aliphatic rings. The number of nitrogens with two attached hydrogens (primary N) is 1. The van der Waals surface area contributed by atoms with Gasteiger partial charge in [-0.25, -0.2) is 4.98 Å². The number of para-hydroxylation sites is 2. The fraction of sp³-hybridized carbons (Fsp3) is 0. The smallest absolute Gasteiger partial charge is 0.0922 e. The van der Waals surface area contributed by atoms with Crippen LogP contribution in [-0.2, 0) is 0 Å². The van der Waals surface area contributed by atoms with Crippen molar-refractivity contribution < 1.29 is 0 Å². The molecular formula is C11H10N4. The van der Waals surface area contributed by atoms with Crippen LogP contribution in [-0.4, -0.2) is 16.2 Å². The van der Waals surface area contributed by atoms with E-state index in [-0.39, 0.29) is 0 Å². The third-order valence-electron chi connectivity index (χ3n) is 2.08. The first-order valence-electron chi connectivity index (χ1n) is 4.49. The summed E-state index contributed by atoms with van der Waals surface area (Å²) in [5, 5.41) is 7.16. The standard InChI is InChI=1S/C11H10N4/c12-5-8(6-13)11-7-14-9-3-1-2-4-10(9)15-11/h1-7,12H,13H2/b8-6+,12-5?. The summed E-state index contributed by atoms with van der Waals surface area (Å²) in [6, 6.07) is 7.58. The van der Waals surface area contributed by atoms with Gasteiger partial charge in [0.2, 0.25) is 0 Å². The minimum Gasteiger partial charge on any atom is -0.404 e. The molecule has 74 valence electrons. The Balaban J connectivity index is 2.61. The van der Waals surface area contributed by atoms with Crippen LogP contribution in [0, 0.1) is 5.41 Å². The topological polar surface area (TPSA) is 75.7 Å². The molecule has 4 nitrogen and oxygen atoms in total. The highest BCUT2D eigenvalue weighted by atomic mass is 14.8. The van der Waals surface area contributed by atoms with E-state index in [1.807, 2.05) is 24.3 Å². The zero-order chi connectivity index (χ0) is 10.7. The van der Waals surface area contributed by atoms with E-state index in [0.717, 1.165) is 11.0 Å². The molecule has 0 aliphatic heterocycles. The Morgan fingerprint density at radius 3 is 2.67 bits per heavy atom. The molecule has 0 amide bonds. The number of rotatable bonds is 2. The van der Waals surface area contributed by atoms with Crippen LogP contribution in [0.5, 0.6) is 0 Å². The fourth-order valence-electron chi connectivity index (χ4n) is 1.30. The molecule has 0 bridgehead atoms. The van der Waals surface area contributed by atoms with Crippen molar-refractivity contribution in [3.63, 3.8) is 0 Å². The van der Waals surface area contributed by atoms with Crippen LogP contribution in [0.1, 0.15) is 5.69 Å². The van der Waals surface area contributed by atoms with Crippen LogP contribution < -0.4 is 5.73 Å². The van der Waals surface area contributed by atoms with Gasteiger partial charge >= 0.3 is 0 Å². The maximum atomic E-state index is 7.16. The molecule has 0 radical (unpaired) electrons. The monoisotopic (exact) mass is 198 g/mol. The molecule has 1 aromatic carbocycles. The Kier molecular flexibility index (Phi) is 2.41. The number of allylic oxidation sites excluding steroid dienone is 1. The first kappa shape index (κ1) is 9.33. The van der Waals surface area contributed by atoms with Crippen LogP contribution in [0.4, 0.5) is 0 Å². The molecule has 1 aromatic heterocycles. The summed E-state index contributed by atoms with van der Waals surface area (Å²) < 4.78 is 0. The van der Waals surface area contributed by atoms with Gasteiger partial charge < -0.3 is 11.1 Å². The van der Waals surface area contributed by atoms with E-state index >= 15 is 0 Å². The highest BCUT2D eigenvalue weighted by Crippen LogP contribution is 2.12. The van der Waals surface area contributed by atoms with Crippen molar-refractivity contribution in [2.24, 2.45) is 5.73 Å². The quantitative estimate of drug-likeness (QED) is 0.719. The van der Waals surface area contributed by atoms with Crippen molar-refractivity contribution in [2.45, 2.75) is 0 Å². The van der Waals surface area contributed by atoms with Gasteiger partial charge in [0.25, 0.3) is 0 Å². The van der Waals surface area contributed by atoms with Crippen molar-refractivity contribution in [3.05, 3.63) is 42.4 Å². The summed E-state index contributed by atoms with van der Waals surface area (Å²) in [5.41, 5.74) is 8.20. The molecule has 0 saturated carbocycles. The predicted octanol–water partition coefficient (Wildman–Crippen LogP) is 1.58. The molecule has 1 heterocycles. The Morgan fingerprint density at radius 1 is 1.27 bits per heavy atom. The van der Waals surface area contributed by atoms with Gasteiger partial charge in [-0.15, -0.1) is 0 Å². The van der Waals surface area contributed by atoms with Crippen LogP contribution in [0.3, 0.4) is 0 Å². The largest absolute Gasteiger partial charge is 0.404 e. The summed E-state index contributed by atoms with van der Waals surface area (Å²) in [7, 11) is 0. The second-order valence-corrected chi connectivity index (χ2v) is 3.01. The number of nitrogens with zero attached hydrogens (tertiary/aromatic N) is 2. The zero-order valence-electron chi connectivity index (χ0n) is 8.01. The Hall–Kier alpha value is -2.23. The fourth-order valence-corrected chi connectivity index (χ4v) is 1.30. The summed E-state index contributed by atoms with van der Waals surface area (Å²) in [6.45, 7) is 0. The average molecular weight is 198 g/mol. The molecule has 0 spiro atoms. The second-order valence-electron chi connectivity index (χ2n) is 3.01. The van der Waals surface area contributed by atoms with Crippen molar-refractivity contribution in [1.29, 1.82) is 5.41 Å². The molecule has 0 saturated heterocycles. The van der Waals surface area contributed by atoms with Crippen molar-refractivity contribution in [1.82, 2.24) is 9.97 Å². The van der Waals surface area contributed by atoms with Gasteiger partial charge in [-0.1, -0.05) is 12.1 Å². The predicted molar refractivity (Wildman–Crippen MR) is 60.5 cm³/mol. The third-order valence-corrected chi connectivity index (χ3v) is 2.08. The highest BCUT2D eigenvalue weighted by molar-refractivity contribution is 6.07. The lowest BCUT2D eigenvalue weighted by Crippen LogP contribution is -1.95. The molecule has 15 heavy (non-hydrogen) atoms. The SMILES string of the molecule is N=C/C(=C\N)c1cnc2ccccc2n1. The Bertz CT molecular complexity index is 531. The first-order valence-corrected chi connectivity index (χ1v) is 4.49. The summed E-state index contributed by atoms with van der Waals surface area (Å²) in [4.78, 5) is 8.59. The van der Waals surface area contributed by atoms with Crippen molar-refractivity contribution in [3.8, 4) is 0 Å². The van der Waals surface area contributed by atoms with Gasteiger partial charge in [0.15, 0.2) is 0 Å². The molecule has 2 aromatic rings. The first-order chi connectivity index (χ1) is 7.35. The van der Waals surface area contributed by atoms with Gasteiger partial charge in [0.05, 0.1) is 22.9 Å². The lowest BCUT2D eigenvalue weighted by atomic mass is 10.2. The highest BCUT2D eigenvalue weighted by Gasteiger charge is 2.01. The van der Waals surface area contributed by atoms with Crippen LogP contribution in [0.2, 0.25) is 0 Å². The van der Waals surface area contributed by atoms with E-state index < -0.39 is 0 Å². The maximum absolute atomic E-state index is 7.16. The Morgan fingerprint density at radius 2 is 2.00 bits per heavy atom. The maximum Gasteiger partial charge on any atom is 0.0922 e. The molecule has 0 unspecified atom stereocenters. The van der Waals surface area contributed by atoms with E-state index in [0.29, 0.717) is 11.3 Å². The molecular weight excluding hydrogens is 188 g/mol. The lowest BCUT2D eigenvalue weighted by Gasteiger charge is -2.01. The Labute approximate surface area is 87.0 Å². The second kappa shape index (κ2) is 3.88. The van der Waals surface area contributed by atoms with E-state index in [4.69, 9.17) is 11.1 Å². The minimum atomic E-state index is 0.563. The van der Waals surface area contributed by atoms with E-state index in [1.54, 1.807) is 6.20 Å². The molecule has 4 heteroatoms. The van der Waals surface area contributed by atoms with Gasteiger partial charge in [-0.3, -0.25) is 4.98 Å². The zero-order valence-corrected chi connectivity index (χ0v) is 8.01. The van der Waals surface area contributed by atoms with Gasteiger partial charge in [0.1, 0.15) is 0 Å². The molecule has 2 rings (SSSR count). The normalized spacial score (nSPS) is 11.6. The van der Waals surface area contributed by atoms with Crippen LogP contribution in [0.15, 0.2) is 36.7 Å². The number of hydrogen-bond donors (Lipinski definition) is 2.